The van der Waals surface area contributed by atoms with Gasteiger partial charge in [-0.25, -0.2) is 0 Å². The molecular weight excluding hydrogens is 472 g/mol. The molecule has 1 fully saturated rings. The summed E-state index contributed by atoms with van der Waals surface area (Å²) in [7, 11) is 1.60. The van der Waals surface area contributed by atoms with E-state index in [1.807, 2.05) is 59.2 Å². The van der Waals surface area contributed by atoms with Gasteiger partial charge in [0.25, 0.3) is 0 Å². The maximum atomic E-state index is 11.2. The third kappa shape index (κ3) is 5.02. The van der Waals surface area contributed by atoms with E-state index in [0.29, 0.717) is 23.8 Å². The van der Waals surface area contributed by atoms with Crippen LogP contribution in [0.2, 0.25) is 0 Å². The van der Waals surface area contributed by atoms with Gasteiger partial charge in [-0.15, -0.1) is 10.2 Å². The maximum absolute atomic E-state index is 11.2. The molecule has 0 radical (unpaired) electrons. The van der Waals surface area contributed by atoms with Crippen LogP contribution in [0.3, 0.4) is 0 Å². The van der Waals surface area contributed by atoms with Crippen LogP contribution in [0, 0.1) is 0 Å². The number of azo groups is 1. The Bertz CT molecular complexity index is 1380. The average molecular weight is 502 g/mol. The van der Waals surface area contributed by atoms with Crippen molar-refractivity contribution in [2.45, 2.75) is 6.67 Å². The number of nitrogens with zero attached hydrogens (tertiary/aromatic N) is 4. The topological polar surface area (TPSA) is 78.8 Å². The highest BCUT2D eigenvalue weighted by molar-refractivity contribution is 7.80. The van der Waals surface area contributed by atoms with Crippen LogP contribution in [-0.4, -0.2) is 48.1 Å². The Hall–Kier alpha value is -3.95. The minimum Gasteiger partial charge on any atom is -0.495 e. The van der Waals surface area contributed by atoms with Gasteiger partial charge >= 0.3 is 0 Å². The van der Waals surface area contributed by atoms with Gasteiger partial charge in [-0.3, -0.25) is 4.57 Å². The van der Waals surface area contributed by atoms with Crippen LogP contribution in [0.15, 0.2) is 89.1 Å². The zero-order valence-electron chi connectivity index (χ0n) is 20.1. The minimum atomic E-state index is 0.0954. The normalized spacial score (nSPS) is 14.4. The Labute approximate surface area is 215 Å². The Kier molecular flexibility index (Phi) is 7.11. The molecule has 2 heterocycles. The van der Waals surface area contributed by atoms with E-state index in [0.717, 1.165) is 37.1 Å². The summed E-state index contributed by atoms with van der Waals surface area (Å²) >= 11 is 5.37. The molecule has 0 atom stereocenters. The molecule has 1 saturated heterocycles. The number of ether oxygens (including phenoxy) is 1. The lowest BCUT2D eigenvalue weighted by molar-refractivity contribution is -0.923. The number of aromatic hydroxyl groups is 1. The van der Waals surface area contributed by atoms with E-state index in [1.165, 1.54) is 10.6 Å². The first-order valence-electron chi connectivity index (χ1n) is 11.9. The summed E-state index contributed by atoms with van der Waals surface area (Å²) in [5.41, 5.74) is 3.29. The number of benzene rings is 3. The van der Waals surface area contributed by atoms with Crippen molar-refractivity contribution in [1.82, 2.24) is 4.57 Å². The Morgan fingerprint density at radius 1 is 1.00 bits per heavy atom. The molecule has 8 nitrogen and oxygen atoms in total. The molecule has 0 amide bonds. The van der Waals surface area contributed by atoms with Crippen LogP contribution in [0.4, 0.5) is 17.1 Å². The molecule has 4 aromatic rings. The maximum Gasteiger partial charge on any atom is 0.225 e. The van der Waals surface area contributed by atoms with Crippen molar-refractivity contribution >= 4 is 45.3 Å². The number of fused-ring (bicyclic) bond motifs is 1. The zero-order valence-corrected chi connectivity index (χ0v) is 20.9. The van der Waals surface area contributed by atoms with Crippen molar-refractivity contribution < 1.29 is 14.7 Å². The van der Waals surface area contributed by atoms with Crippen LogP contribution < -0.4 is 19.9 Å². The molecule has 0 bridgehead atoms. The van der Waals surface area contributed by atoms with Crippen molar-refractivity contribution in [3.63, 3.8) is 0 Å². The number of aromatic nitrogens is 1. The molecule has 1 aromatic heterocycles. The van der Waals surface area contributed by atoms with Crippen molar-refractivity contribution in [1.29, 1.82) is 0 Å². The second-order valence-electron chi connectivity index (χ2n) is 8.68. The summed E-state index contributed by atoms with van der Waals surface area (Å²) in [5, 5.41) is 23.7. The SMILES string of the molecule is COc1ccccc1NC(=S)N=Nc1c(O)n(C[NH+]2CCN(c3ccccc3)CC2)c2ccccc12. The highest BCUT2D eigenvalue weighted by Gasteiger charge is 2.24. The largest absolute Gasteiger partial charge is 0.495 e. The van der Waals surface area contributed by atoms with E-state index in [1.54, 1.807) is 7.11 Å². The van der Waals surface area contributed by atoms with Gasteiger partial charge in [-0.2, -0.15) is 0 Å². The molecule has 3 N–H and O–H groups in total. The van der Waals surface area contributed by atoms with E-state index in [4.69, 9.17) is 17.0 Å². The fraction of sp³-hybridized carbons (Fsp3) is 0.222. The lowest BCUT2D eigenvalue weighted by Crippen LogP contribution is -3.14. The molecule has 9 heteroatoms. The van der Waals surface area contributed by atoms with Gasteiger partial charge < -0.3 is 25.0 Å². The number of thiocarbonyl (C=S) groups is 1. The van der Waals surface area contributed by atoms with Gasteiger partial charge in [0.15, 0.2) is 12.4 Å². The third-order valence-corrected chi connectivity index (χ3v) is 6.66. The van der Waals surface area contributed by atoms with Crippen molar-refractivity contribution in [2.24, 2.45) is 10.2 Å². The van der Waals surface area contributed by atoms with E-state index < -0.39 is 0 Å². The molecule has 184 valence electrons. The molecule has 3 aromatic carbocycles. The Morgan fingerprint density at radius 2 is 1.69 bits per heavy atom. The lowest BCUT2D eigenvalue weighted by atomic mass is 10.2. The van der Waals surface area contributed by atoms with E-state index in [-0.39, 0.29) is 11.0 Å². The predicted molar refractivity (Wildman–Crippen MR) is 147 cm³/mol. The molecule has 1 aliphatic rings. The molecular formula is C27H29N6O2S+. The van der Waals surface area contributed by atoms with E-state index in [2.05, 4.69) is 44.7 Å². The van der Waals surface area contributed by atoms with Crippen molar-refractivity contribution in [2.75, 3.05) is 43.5 Å². The molecule has 0 saturated carbocycles. The lowest BCUT2D eigenvalue weighted by Gasteiger charge is -2.33. The van der Waals surface area contributed by atoms with Crippen LogP contribution in [0.25, 0.3) is 10.9 Å². The minimum absolute atomic E-state index is 0.0954. The predicted octanol–water partition coefficient (Wildman–Crippen LogP) is 4.20. The molecule has 0 aliphatic carbocycles. The van der Waals surface area contributed by atoms with Crippen LogP contribution in [0.1, 0.15) is 0 Å². The van der Waals surface area contributed by atoms with E-state index >= 15 is 0 Å². The van der Waals surface area contributed by atoms with Crippen LogP contribution >= 0.6 is 12.2 Å². The van der Waals surface area contributed by atoms with Gasteiger partial charge in [0.2, 0.25) is 11.0 Å². The number of para-hydroxylation sites is 4. The summed E-state index contributed by atoms with van der Waals surface area (Å²) in [6, 6.07) is 25.8. The number of piperazine rings is 1. The van der Waals surface area contributed by atoms with Gasteiger partial charge in [0.1, 0.15) is 5.75 Å². The van der Waals surface area contributed by atoms with Crippen LogP contribution in [-0.2, 0) is 6.67 Å². The molecule has 5 rings (SSSR count). The van der Waals surface area contributed by atoms with Gasteiger partial charge in [0.05, 0.1) is 44.5 Å². The number of anilines is 2. The smallest absolute Gasteiger partial charge is 0.225 e. The number of rotatable bonds is 6. The summed E-state index contributed by atoms with van der Waals surface area (Å²) in [6.07, 6.45) is 0. The zero-order chi connectivity index (χ0) is 24.9. The average Bonchev–Trinajstić information content (AvgIpc) is 3.19. The van der Waals surface area contributed by atoms with E-state index in [9.17, 15) is 5.11 Å². The van der Waals surface area contributed by atoms with Crippen molar-refractivity contribution in [3.8, 4) is 11.6 Å². The number of hydrogen-bond acceptors (Lipinski definition) is 5. The first kappa shape index (κ1) is 23.8. The Balaban J connectivity index is 1.32. The number of quaternary nitrogens is 1. The van der Waals surface area contributed by atoms with Crippen molar-refractivity contribution in [3.05, 3.63) is 78.9 Å². The third-order valence-electron chi connectivity index (χ3n) is 6.48. The monoisotopic (exact) mass is 501 g/mol. The first-order chi connectivity index (χ1) is 17.6. The van der Waals surface area contributed by atoms with Gasteiger partial charge in [-0.1, -0.05) is 48.5 Å². The second-order valence-corrected chi connectivity index (χ2v) is 9.07. The Morgan fingerprint density at radius 3 is 2.47 bits per heavy atom. The number of nitrogens with one attached hydrogen (secondary N) is 2. The van der Waals surface area contributed by atoms with Gasteiger partial charge in [0, 0.05) is 11.1 Å². The quantitative estimate of drug-likeness (QED) is 0.273. The molecule has 0 spiro atoms. The standard InChI is InChI=1S/C27H28N6O2S/c1-35-24-14-8-6-12-22(24)28-27(36)30-29-25-21-11-5-7-13-23(21)33(26(25)34)19-31-15-17-32(18-16-31)20-9-3-2-4-10-20/h2-14,34H,15-19H2,1H3,(H,28,36)/p+1. The summed E-state index contributed by atoms with van der Waals surface area (Å²) in [5.74, 6) is 0.753. The summed E-state index contributed by atoms with van der Waals surface area (Å²) in [6.45, 7) is 4.53. The fourth-order valence-electron chi connectivity index (χ4n) is 4.62. The number of methoxy groups -OCH3 is 1. The number of hydrogen-bond donors (Lipinski definition) is 3. The van der Waals surface area contributed by atoms with Crippen LogP contribution in [0.5, 0.6) is 11.6 Å². The highest BCUT2D eigenvalue weighted by atomic mass is 32.1. The molecule has 1 aliphatic heterocycles. The first-order valence-corrected chi connectivity index (χ1v) is 12.3. The molecule has 36 heavy (non-hydrogen) atoms. The molecule has 0 unspecified atom stereocenters. The second kappa shape index (κ2) is 10.8. The highest BCUT2D eigenvalue weighted by Crippen LogP contribution is 2.38. The summed E-state index contributed by atoms with van der Waals surface area (Å²) in [4.78, 5) is 3.81. The fourth-order valence-corrected chi connectivity index (χ4v) is 4.77. The summed E-state index contributed by atoms with van der Waals surface area (Å²) < 4.78 is 7.27. The van der Waals surface area contributed by atoms with Gasteiger partial charge in [-0.05, 0) is 42.5 Å².